The molecule has 0 aromatic heterocycles. The van der Waals surface area contributed by atoms with Crippen molar-refractivity contribution in [3.63, 3.8) is 0 Å². The number of sulfonamides is 1. The van der Waals surface area contributed by atoms with Gasteiger partial charge >= 0.3 is 0 Å². The Balaban J connectivity index is 1.29. The Labute approximate surface area is 134 Å². The molecule has 1 N–H and O–H groups in total. The van der Waals surface area contributed by atoms with E-state index < -0.39 is 10.0 Å². The zero-order chi connectivity index (χ0) is 15.3. The van der Waals surface area contributed by atoms with Crippen LogP contribution in [0.2, 0.25) is 0 Å². The Bertz CT molecular complexity index is 497. The topological polar surface area (TPSA) is 52.7 Å². The normalized spacial score (nSPS) is 38.5. The van der Waals surface area contributed by atoms with Gasteiger partial charge in [0.2, 0.25) is 10.0 Å². The Morgan fingerprint density at radius 2 is 1.36 bits per heavy atom. The Morgan fingerprint density at radius 1 is 0.818 bits per heavy atom. The molecule has 0 aromatic carbocycles. The van der Waals surface area contributed by atoms with Gasteiger partial charge in [0.15, 0.2) is 0 Å². The standard InChI is InChI=1S/C16H29N3O2S/c1-22(20,21)18-8-6-12(7-9-18)17-13-10-15-4-5-16(11-13)19(15)14-2-3-14/h12-17H,2-11H2,1H3. The third-order valence-electron chi connectivity index (χ3n) is 6.15. The number of nitrogens with zero attached hydrogens (tertiary/aromatic N) is 2. The number of nitrogens with one attached hydrogen (secondary N) is 1. The summed E-state index contributed by atoms with van der Waals surface area (Å²) in [5.41, 5.74) is 0. The summed E-state index contributed by atoms with van der Waals surface area (Å²) in [6, 6.07) is 3.72. The lowest BCUT2D eigenvalue weighted by molar-refractivity contribution is 0.101. The molecule has 6 heteroatoms. The lowest BCUT2D eigenvalue weighted by Gasteiger charge is -2.41. The van der Waals surface area contributed by atoms with E-state index in [1.807, 2.05) is 0 Å². The van der Waals surface area contributed by atoms with Crippen LogP contribution in [0.1, 0.15) is 51.4 Å². The molecule has 3 aliphatic heterocycles. The van der Waals surface area contributed by atoms with Gasteiger partial charge in [-0.2, -0.15) is 0 Å². The molecule has 126 valence electrons. The summed E-state index contributed by atoms with van der Waals surface area (Å²) >= 11 is 0. The molecule has 3 saturated heterocycles. The first-order valence-electron chi connectivity index (χ1n) is 8.99. The zero-order valence-electron chi connectivity index (χ0n) is 13.6. The van der Waals surface area contributed by atoms with Crippen molar-refractivity contribution in [1.29, 1.82) is 0 Å². The molecule has 3 heterocycles. The van der Waals surface area contributed by atoms with Crippen LogP contribution >= 0.6 is 0 Å². The maximum atomic E-state index is 11.6. The molecule has 5 nitrogen and oxygen atoms in total. The summed E-state index contributed by atoms with van der Waals surface area (Å²) in [5, 5.41) is 3.86. The summed E-state index contributed by atoms with van der Waals surface area (Å²) in [5.74, 6) is 0. The zero-order valence-corrected chi connectivity index (χ0v) is 14.4. The van der Waals surface area contributed by atoms with Gasteiger partial charge in [0.1, 0.15) is 0 Å². The van der Waals surface area contributed by atoms with E-state index in [-0.39, 0.29) is 0 Å². The summed E-state index contributed by atoms with van der Waals surface area (Å²) < 4.78 is 24.8. The van der Waals surface area contributed by atoms with E-state index in [0.717, 1.165) is 31.0 Å². The lowest BCUT2D eigenvalue weighted by atomic mass is 9.95. The predicted octanol–water partition coefficient (Wildman–Crippen LogP) is 1.16. The quantitative estimate of drug-likeness (QED) is 0.842. The molecule has 1 saturated carbocycles. The molecule has 1 aliphatic carbocycles. The number of hydrogen-bond acceptors (Lipinski definition) is 4. The third kappa shape index (κ3) is 3.07. The van der Waals surface area contributed by atoms with Crippen LogP contribution in [0, 0.1) is 0 Å². The second-order valence-corrected chi connectivity index (χ2v) is 9.82. The minimum absolute atomic E-state index is 0.509. The number of hydrogen-bond donors (Lipinski definition) is 1. The molecular weight excluding hydrogens is 298 g/mol. The number of rotatable bonds is 4. The smallest absolute Gasteiger partial charge is 0.211 e. The Kier molecular flexibility index (Phi) is 4.00. The minimum Gasteiger partial charge on any atom is -0.311 e. The molecular formula is C16H29N3O2S. The van der Waals surface area contributed by atoms with Crippen LogP contribution in [0.5, 0.6) is 0 Å². The van der Waals surface area contributed by atoms with Gasteiger partial charge < -0.3 is 5.32 Å². The minimum atomic E-state index is -3.00. The van der Waals surface area contributed by atoms with Crippen molar-refractivity contribution in [2.45, 2.75) is 81.6 Å². The average Bonchev–Trinajstić information content (AvgIpc) is 3.26. The van der Waals surface area contributed by atoms with E-state index in [9.17, 15) is 8.42 Å². The van der Waals surface area contributed by atoms with Crippen molar-refractivity contribution >= 4 is 10.0 Å². The molecule has 0 amide bonds. The molecule has 4 fully saturated rings. The predicted molar refractivity (Wildman–Crippen MR) is 87.3 cm³/mol. The van der Waals surface area contributed by atoms with Gasteiger partial charge in [-0.3, -0.25) is 4.90 Å². The van der Waals surface area contributed by atoms with E-state index in [1.165, 1.54) is 44.8 Å². The van der Waals surface area contributed by atoms with E-state index in [4.69, 9.17) is 0 Å². The fourth-order valence-corrected chi connectivity index (χ4v) is 5.88. The first-order chi connectivity index (χ1) is 10.5. The monoisotopic (exact) mass is 327 g/mol. The van der Waals surface area contributed by atoms with Gasteiger partial charge in [-0.1, -0.05) is 0 Å². The van der Waals surface area contributed by atoms with Gasteiger partial charge in [-0.05, 0) is 51.4 Å². The number of fused-ring (bicyclic) bond motifs is 2. The van der Waals surface area contributed by atoms with E-state index >= 15 is 0 Å². The maximum absolute atomic E-state index is 11.6. The highest BCUT2D eigenvalue weighted by Crippen LogP contribution is 2.43. The SMILES string of the molecule is CS(=O)(=O)N1CCC(NC2CC3CCC(C2)N3C2CC2)CC1. The van der Waals surface area contributed by atoms with Crippen molar-refractivity contribution in [3.8, 4) is 0 Å². The van der Waals surface area contributed by atoms with Crippen molar-refractivity contribution in [3.05, 3.63) is 0 Å². The molecule has 2 unspecified atom stereocenters. The van der Waals surface area contributed by atoms with Crippen molar-refractivity contribution in [2.75, 3.05) is 19.3 Å². The van der Waals surface area contributed by atoms with Crippen LogP contribution in [-0.2, 0) is 10.0 Å². The summed E-state index contributed by atoms with van der Waals surface area (Å²) in [6.45, 7) is 1.37. The molecule has 4 aliphatic rings. The second-order valence-electron chi connectivity index (χ2n) is 7.83. The van der Waals surface area contributed by atoms with Crippen LogP contribution in [0.4, 0.5) is 0 Å². The van der Waals surface area contributed by atoms with Gasteiger partial charge in [0.25, 0.3) is 0 Å². The van der Waals surface area contributed by atoms with Crippen molar-refractivity contribution < 1.29 is 8.42 Å². The second kappa shape index (κ2) is 5.72. The van der Waals surface area contributed by atoms with Crippen LogP contribution < -0.4 is 5.32 Å². The van der Waals surface area contributed by atoms with Gasteiger partial charge in [0, 0.05) is 43.3 Å². The lowest BCUT2D eigenvalue weighted by Crippen LogP contribution is -2.54. The van der Waals surface area contributed by atoms with Crippen LogP contribution in [0.15, 0.2) is 0 Å². The molecule has 0 radical (unpaired) electrons. The highest BCUT2D eigenvalue weighted by Gasteiger charge is 2.47. The van der Waals surface area contributed by atoms with E-state index in [2.05, 4.69) is 10.2 Å². The largest absolute Gasteiger partial charge is 0.311 e. The van der Waals surface area contributed by atoms with Crippen molar-refractivity contribution in [2.24, 2.45) is 0 Å². The molecule has 0 spiro atoms. The molecule has 22 heavy (non-hydrogen) atoms. The highest BCUT2D eigenvalue weighted by atomic mass is 32.2. The fraction of sp³-hybridized carbons (Fsp3) is 1.00. The molecule has 4 rings (SSSR count). The van der Waals surface area contributed by atoms with Crippen molar-refractivity contribution in [1.82, 2.24) is 14.5 Å². The average molecular weight is 327 g/mol. The first kappa shape index (κ1) is 15.4. The van der Waals surface area contributed by atoms with E-state index in [0.29, 0.717) is 25.2 Å². The van der Waals surface area contributed by atoms with Gasteiger partial charge in [-0.15, -0.1) is 0 Å². The third-order valence-corrected chi connectivity index (χ3v) is 7.46. The fourth-order valence-electron chi connectivity index (χ4n) is 5.01. The molecule has 2 bridgehead atoms. The van der Waals surface area contributed by atoms with Gasteiger partial charge in [-0.25, -0.2) is 12.7 Å². The molecule has 0 aromatic rings. The Morgan fingerprint density at radius 3 is 1.86 bits per heavy atom. The number of piperidine rings is 2. The summed E-state index contributed by atoms with van der Waals surface area (Å²) in [7, 11) is -3.00. The Hall–Kier alpha value is -0.170. The van der Waals surface area contributed by atoms with Crippen LogP contribution in [0.25, 0.3) is 0 Å². The summed E-state index contributed by atoms with van der Waals surface area (Å²) in [4.78, 5) is 2.84. The maximum Gasteiger partial charge on any atom is 0.211 e. The van der Waals surface area contributed by atoms with Crippen LogP contribution in [0.3, 0.4) is 0 Å². The highest BCUT2D eigenvalue weighted by molar-refractivity contribution is 7.88. The van der Waals surface area contributed by atoms with E-state index in [1.54, 1.807) is 4.31 Å². The summed E-state index contributed by atoms with van der Waals surface area (Å²) in [6.07, 6.45) is 11.5. The van der Waals surface area contributed by atoms with Crippen LogP contribution in [-0.4, -0.2) is 67.2 Å². The molecule has 2 atom stereocenters. The van der Waals surface area contributed by atoms with Gasteiger partial charge in [0.05, 0.1) is 6.26 Å². The first-order valence-corrected chi connectivity index (χ1v) is 10.8.